The van der Waals surface area contributed by atoms with Gasteiger partial charge in [-0.1, -0.05) is 29.8 Å². The highest BCUT2D eigenvalue weighted by atomic mass is 16.1. The number of hydrogen-bond acceptors (Lipinski definition) is 2. The van der Waals surface area contributed by atoms with Crippen LogP contribution in [0.4, 0.5) is 5.69 Å². The van der Waals surface area contributed by atoms with Crippen LogP contribution in [0.15, 0.2) is 47.3 Å². The van der Waals surface area contributed by atoms with Crippen molar-refractivity contribution in [2.75, 3.05) is 11.9 Å². The molecule has 0 aliphatic carbocycles. The number of aryl methyl sites for hydroxylation is 2. The smallest absolute Gasteiger partial charge is 0.256 e. The van der Waals surface area contributed by atoms with Crippen molar-refractivity contribution >= 4 is 16.6 Å². The minimum absolute atomic E-state index is 0.0277. The summed E-state index contributed by atoms with van der Waals surface area (Å²) in [7, 11) is 0. The highest BCUT2D eigenvalue weighted by Crippen LogP contribution is 2.28. The van der Waals surface area contributed by atoms with Crippen molar-refractivity contribution in [3.63, 3.8) is 0 Å². The Balaban J connectivity index is 1.91. The number of anilines is 1. The molecule has 0 radical (unpaired) electrons. The van der Waals surface area contributed by atoms with Gasteiger partial charge in [-0.25, -0.2) is 0 Å². The Kier molecular flexibility index (Phi) is 3.00. The monoisotopic (exact) mass is 290 g/mol. The molecule has 1 aliphatic heterocycles. The molecule has 1 aliphatic rings. The molecule has 2 heterocycles. The number of nitrogens with one attached hydrogen (secondary N) is 2. The molecular weight excluding hydrogens is 272 g/mol. The summed E-state index contributed by atoms with van der Waals surface area (Å²) in [6.07, 6.45) is 2.21. The van der Waals surface area contributed by atoms with E-state index >= 15 is 0 Å². The largest absolute Gasteiger partial charge is 0.385 e. The molecule has 4 rings (SSSR count). The Hall–Kier alpha value is -2.55. The van der Waals surface area contributed by atoms with E-state index in [-0.39, 0.29) is 5.56 Å². The standard InChI is InChI=1S/C19H18N2O/c1-12-4-6-13(7-5-12)16-9-15-11-17-14(3-2-8-20-17)10-18(15)21-19(16)22/h4-7,9-11,20H,2-3,8H2,1H3,(H,21,22). The molecule has 3 aromatic rings. The zero-order valence-electron chi connectivity index (χ0n) is 12.6. The predicted octanol–water partition coefficient (Wildman–Crippen LogP) is 3.86. The summed E-state index contributed by atoms with van der Waals surface area (Å²) in [5.74, 6) is 0. The van der Waals surface area contributed by atoms with Gasteiger partial charge in [0, 0.05) is 28.7 Å². The minimum Gasteiger partial charge on any atom is -0.385 e. The van der Waals surface area contributed by atoms with Gasteiger partial charge in [0.15, 0.2) is 0 Å². The summed E-state index contributed by atoms with van der Waals surface area (Å²) < 4.78 is 0. The van der Waals surface area contributed by atoms with Crippen molar-refractivity contribution < 1.29 is 0 Å². The molecule has 0 spiro atoms. The maximum absolute atomic E-state index is 12.4. The van der Waals surface area contributed by atoms with E-state index in [1.54, 1.807) is 0 Å². The quantitative estimate of drug-likeness (QED) is 0.714. The van der Waals surface area contributed by atoms with Crippen molar-refractivity contribution in [2.24, 2.45) is 0 Å². The maximum Gasteiger partial charge on any atom is 0.256 e. The van der Waals surface area contributed by atoms with Crippen LogP contribution in [0.5, 0.6) is 0 Å². The van der Waals surface area contributed by atoms with E-state index in [1.165, 1.54) is 16.8 Å². The van der Waals surface area contributed by atoms with Crippen LogP contribution in [0.1, 0.15) is 17.5 Å². The fourth-order valence-electron chi connectivity index (χ4n) is 3.12. The molecule has 0 unspecified atom stereocenters. The number of fused-ring (bicyclic) bond motifs is 2. The van der Waals surface area contributed by atoms with E-state index in [0.717, 1.165) is 41.4 Å². The van der Waals surface area contributed by atoms with Crippen LogP contribution in [0.25, 0.3) is 22.0 Å². The Morgan fingerprint density at radius 2 is 1.86 bits per heavy atom. The Labute approximate surface area is 129 Å². The number of pyridine rings is 1. The molecule has 0 saturated heterocycles. The molecule has 0 fully saturated rings. The molecule has 0 amide bonds. The number of aromatic nitrogens is 1. The van der Waals surface area contributed by atoms with Crippen molar-refractivity contribution in [3.8, 4) is 11.1 Å². The van der Waals surface area contributed by atoms with E-state index in [2.05, 4.69) is 22.4 Å². The van der Waals surface area contributed by atoms with E-state index in [4.69, 9.17) is 0 Å². The van der Waals surface area contributed by atoms with Gasteiger partial charge in [0.25, 0.3) is 5.56 Å². The Morgan fingerprint density at radius 1 is 1.05 bits per heavy atom. The summed E-state index contributed by atoms with van der Waals surface area (Å²) in [4.78, 5) is 15.5. The van der Waals surface area contributed by atoms with E-state index in [0.29, 0.717) is 0 Å². The summed E-state index contributed by atoms with van der Waals surface area (Å²) >= 11 is 0. The topological polar surface area (TPSA) is 44.9 Å². The molecule has 110 valence electrons. The van der Waals surface area contributed by atoms with Crippen LogP contribution in [-0.4, -0.2) is 11.5 Å². The Bertz CT molecular complexity index is 907. The van der Waals surface area contributed by atoms with Gasteiger partial charge < -0.3 is 10.3 Å². The molecule has 0 atom stereocenters. The minimum atomic E-state index is -0.0277. The SMILES string of the molecule is Cc1ccc(-c2cc3cc4c(cc3[nH]c2=O)CCCN4)cc1. The van der Waals surface area contributed by atoms with Gasteiger partial charge in [-0.2, -0.15) is 0 Å². The van der Waals surface area contributed by atoms with Gasteiger partial charge in [0.1, 0.15) is 0 Å². The first-order chi connectivity index (χ1) is 10.7. The van der Waals surface area contributed by atoms with Gasteiger partial charge in [-0.05, 0) is 49.1 Å². The zero-order chi connectivity index (χ0) is 15.1. The van der Waals surface area contributed by atoms with Crippen molar-refractivity contribution in [2.45, 2.75) is 19.8 Å². The molecule has 0 saturated carbocycles. The van der Waals surface area contributed by atoms with Gasteiger partial charge in [0.2, 0.25) is 0 Å². The summed E-state index contributed by atoms with van der Waals surface area (Å²) in [5, 5.41) is 4.52. The predicted molar refractivity (Wildman–Crippen MR) is 91.6 cm³/mol. The average Bonchev–Trinajstić information content (AvgIpc) is 2.53. The Morgan fingerprint density at radius 3 is 2.68 bits per heavy atom. The lowest BCUT2D eigenvalue weighted by molar-refractivity contribution is 0.831. The third-order valence-corrected chi connectivity index (χ3v) is 4.37. The van der Waals surface area contributed by atoms with Crippen LogP contribution < -0.4 is 10.9 Å². The third kappa shape index (κ3) is 2.19. The number of H-pyrrole nitrogens is 1. The normalized spacial score (nSPS) is 13.7. The fourth-order valence-corrected chi connectivity index (χ4v) is 3.12. The average molecular weight is 290 g/mol. The van der Waals surface area contributed by atoms with Crippen LogP contribution in [0.3, 0.4) is 0 Å². The van der Waals surface area contributed by atoms with Crippen LogP contribution in [0, 0.1) is 6.92 Å². The van der Waals surface area contributed by atoms with E-state index in [1.807, 2.05) is 37.3 Å². The van der Waals surface area contributed by atoms with Gasteiger partial charge in [-0.3, -0.25) is 4.79 Å². The number of benzene rings is 2. The summed E-state index contributed by atoms with van der Waals surface area (Å²) in [6, 6.07) is 14.3. The van der Waals surface area contributed by atoms with Gasteiger partial charge in [-0.15, -0.1) is 0 Å². The highest BCUT2D eigenvalue weighted by Gasteiger charge is 2.12. The van der Waals surface area contributed by atoms with Crippen molar-refractivity contribution in [1.29, 1.82) is 0 Å². The zero-order valence-corrected chi connectivity index (χ0v) is 12.6. The first-order valence-corrected chi connectivity index (χ1v) is 7.71. The molecule has 3 heteroatoms. The van der Waals surface area contributed by atoms with Crippen molar-refractivity contribution in [1.82, 2.24) is 4.98 Å². The fraction of sp³-hybridized carbons (Fsp3) is 0.211. The molecular formula is C19H18N2O. The first kappa shape index (κ1) is 13.1. The van der Waals surface area contributed by atoms with Crippen molar-refractivity contribution in [3.05, 3.63) is 63.9 Å². The van der Waals surface area contributed by atoms with Crippen LogP contribution in [-0.2, 0) is 6.42 Å². The number of rotatable bonds is 1. The van der Waals surface area contributed by atoms with E-state index in [9.17, 15) is 4.79 Å². The van der Waals surface area contributed by atoms with E-state index < -0.39 is 0 Å². The molecule has 22 heavy (non-hydrogen) atoms. The molecule has 0 bridgehead atoms. The lowest BCUT2D eigenvalue weighted by atomic mass is 9.99. The lowest BCUT2D eigenvalue weighted by Crippen LogP contribution is -2.13. The maximum atomic E-state index is 12.4. The summed E-state index contributed by atoms with van der Waals surface area (Å²) in [5.41, 5.74) is 6.25. The van der Waals surface area contributed by atoms with Crippen LogP contribution in [0.2, 0.25) is 0 Å². The number of aromatic amines is 1. The second-order valence-corrected chi connectivity index (χ2v) is 6.01. The van der Waals surface area contributed by atoms with Gasteiger partial charge >= 0.3 is 0 Å². The molecule has 1 aromatic heterocycles. The first-order valence-electron chi connectivity index (χ1n) is 7.71. The third-order valence-electron chi connectivity index (χ3n) is 4.37. The summed E-state index contributed by atoms with van der Waals surface area (Å²) in [6.45, 7) is 3.07. The highest BCUT2D eigenvalue weighted by molar-refractivity contribution is 5.87. The lowest BCUT2D eigenvalue weighted by Gasteiger charge is -2.18. The molecule has 3 nitrogen and oxygen atoms in total. The number of hydrogen-bond donors (Lipinski definition) is 2. The second-order valence-electron chi connectivity index (χ2n) is 6.01. The molecule has 2 N–H and O–H groups in total. The van der Waals surface area contributed by atoms with Gasteiger partial charge in [0.05, 0.1) is 0 Å². The second kappa shape index (κ2) is 5.02. The molecule has 2 aromatic carbocycles. The van der Waals surface area contributed by atoms with Crippen LogP contribution >= 0.6 is 0 Å².